The fourth-order valence-corrected chi connectivity index (χ4v) is 3.13. The molecule has 0 aliphatic heterocycles. The first kappa shape index (κ1) is 22.3. The van der Waals surface area contributed by atoms with Gasteiger partial charge in [0.2, 0.25) is 11.8 Å². The van der Waals surface area contributed by atoms with Gasteiger partial charge in [-0.25, -0.2) is 0 Å². The van der Waals surface area contributed by atoms with Gasteiger partial charge >= 0.3 is 0 Å². The zero-order valence-electron chi connectivity index (χ0n) is 18.0. The van der Waals surface area contributed by atoms with Gasteiger partial charge in [0, 0.05) is 31.6 Å². The molecule has 2 aromatic carbocycles. The molecule has 0 atom stereocenters. The highest BCUT2D eigenvalue weighted by Gasteiger charge is 2.21. The van der Waals surface area contributed by atoms with Gasteiger partial charge in [0.05, 0.1) is 19.9 Å². The van der Waals surface area contributed by atoms with Crippen LogP contribution < -0.4 is 19.7 Å². The minimum atomic E-state index is -0.181. The van der Waals surface area contributed by atoms with Gasteiger partial charge in [-0.1, -0.05) is 39.0 Å². The lowest BCUT2D eigenvalue weighted by molar-refractivity contribution is -0.117. The van der Waals surface area contributed by atoms with Gasteiger partial charge in [0.1, 0.15) is 11.5 Å². The van der Waals surface area contributed by atoms with Crippen molar-refractivity contribution in [1.82, 2.24) is 0 Å². The molecule has 6 heteroatoms. The van der Waals surface area contributed by atoms with E-state index < -0.39 is 0 Å². The van der Waals surface area contributed by atoms with Crippen molar-refractivity contribution in [2.24, 2.45) is 0 Å². The van der Waals surface area contributed by atoms with E-state index in [-0.39, 0.29) is 30.2 Å². The maximum absolute atomic E-state index is 12.6. The largest absolute Gasteiger partial charge is 0.497 e. The Bertz CT molecular complexity index is 871. The number of para-hydroxylation sites is 1. The van der Waals surface area contributed by atoms with Gasteiger partial charge in [0.25, 0.3) is 0 Å². The van der Waals surface area contributed by atoms with Gasteiger partial charge in [-0.05, 0) is 29.2 Å². The van der Waals surface area contributed by atoms with Crippen LogP contribution in [0.3, 0.4) is 0 Å². The lowest BCUT2D eigenvalue weighted by atomic mass is 9.86. The topological polar surface area (TPSA) is 67.9 Å². The number of nitrogens with zero attached hydrogens (tertiary/aromatic N) is 1. The molecule has 0 saturated heterocycles. The maximum atomic E-state index is 12.6. The number of nitrogens with one attached hydrogen (secondary N) is 1. The van der Waals surface area contributed by atoms with E-state index in [1.807, 2.05) is 24.3 Å². The van der Waals surface area contributed by atoms with Gasteiger partial charge in [0.15, 0.2) is 0 Å². The third kappa shape index (κ3) is 5.73. The first-order valence-electron chi connectivity index (χ1n) is 9.57. The molecular weight excluding hydrogens is 368 g/mol. The molecule has 0 bridgehead atoms. The molecule has 2 rings (SSSR count). The van der Waals surface area contributed by atoms with Gasteiger partial charge in [-0.15, -0.1) is 0 Å². The Kier molecular flexibility index (Phi) is 7.26. The van der Waals surface area contributed by atoms with Crippen LogP contribution in [0.1, 0.15) is 39.7 Å². The van der Waals surface area contributed by atoms with Crippen LogP contribution in [-0.4, -0.2) is 32.6 Å². The lowest BCUT2D eigenvalue weighted by Gasteiger charge is -2.25. The number of carbonyl (C=O) groups is 2. The summed E-state index contributed by atoms with van der Waals surface area (Å²) in [6, 6.07) is 13.0. The molecule has 0 heterocycles. The summed E-state index contributed by atoms with van der Waals surface area (Å²) in [6.45, 7) is 7.99. The van der Waals surface area contributed by atoms with Gasteiger partial charge in [-0.3, -0.25) is 9.59 Å². The molecule has 0 saturated carbocycles. The normalized spacial score (nSPS) is 11.0. The minimum absolute atomic E-state index is 0.0940. The molecule has 0 aromatic heterocycles. The molecule has 0 aliphatic rings. The van der Waals surface area contributed by atoms with E-state index in [0.29, 0.717) is 17.2 Å². The summed E-state index contributed by atoms with van der Waals surface area (Å²) in [4.78, 5) is 26.4. The second kappa shape index (κ2) is 9.45. The van der Waals surface area contributed by atoms with Crippen molar-refractivity contribution >= 4 is 23.2 Å². The standard InChI is InChI=1S/C23H30N2O4/c1-16(26)25(20-15-17(28-5)11-12-21(20)29-6)14-13-22(27)24-19-10-8-7-9-18(19)23(2,3)4/h7-12,15H,13-14H2,1-6H3,(H,24,27). The van der Waals surface area contributed by atoms with Crippen LogP contribution >= 0.6 is 0 Å². The van der Waals surface area contributed by atoms with Crippen LogP contribution in [0, 0.1) is 0 Å². The summed E-state index contributed by atoms with van der Waals surface area (Å²) in [7, 11) is 3.10. The summed E-state index contributed by atoms with van der Waals surface area (Å²) in [5, 5.41) is 2.98. The molecule has 0 spiro atoms. The Morgan fingerprint density at radius 2 is 1.72 bits per heavy atom. The summed E-state index contributed by atoms with van der Waals surface area (Å²) < 4.78 is 10.6. The number of benzene rings is 2. The molecule has 6 nitrogen and oxygen atoms in total. The van der Waals surface area contributed by atoms with Crippen molar-refractivity contribution < 1.29 is 19.1 Å². The molecule has 0 fully saturated rings. The Labute approximate surface area is 172 Å². The summed E-state index contributed by atoms with van der Waals surface area (Å²) in [5.74, 6) is 0.810. The highest BCUT2D eigenvalue weighted by Crippen LogP contribution is 2.33. The van der Waals surface area contributed by atoms with E-state index in [4.69, 9.17) is 9.47 Å². The van der Waals surface area contributed by atoms with Crippen LogP contribution in [0.25, 0.3) is 0 Å². The first-order valence-corrected chi connectivity index (χ1v) is 9.57. The lowest BCUT2D eigenvalue weighted by Crippen LogP contribution is -2.32. The molecule has 1 N–H and O–H groups in total. The third-order valence-corrected chi connectivity index (χ3v) is 4.63. The predicted octanol–water partition coefficient (Wildman–Crippen LogP) is 4.38. The number of hydrogen-bond donors (Lipinski definition) is 1. The van der Waals surface area contributed by atoms with E-state index in [9.17, 15) is 9.59 Å². The maximum Gasteiger partial charge on any atom is 0.226 e. The van der Waals surface area contributed by atoms with E-state index in [2.05, 4.69) is 26.1 Å². The van der Waals surface area contributed by atoms with E-state index in [1.165, 1.54) is 11.8 Å². The van der Waals surface area contributed by atoms with Crippen molar-refractivity contribution in [3.8, 4) is 11.5 Å². The van der Waals surface area contributed by atoms with Crippen molar-refractivity contribution in [2.75, 3.05) is 31.0 Å². The summed E-state index contributed by atoms with van der Waals surface area (Å²) >= 11 is 0. The average molecular weight is 399 g/mol. The Hall–Kier alpha value is -3.02. The first-order chi connectivity index (χ1) is 13.7. The fourth-order valence-electron chi connectivity index (χ4n) is 3.13. The van der Waals surface area contributed by atoms with Crippen molar-refractivity contribution in [1.29, 1.82) is 0 Å². The number of hydrogen-bond acceptors (Lipinski definition) is 4. The smallest absolute Gasteiger partial charge is 0.226 e. The Morgan fingerprint density at radius 3 is 2.31 bits per heavy atom. The van der Waals surface area contributed by atoms with Gasteiger partial charge < -0.3 is 19.7 Å². The molecule has 156 valence electrons. The van der Waals surface area contributed by atoms with Crippen molar-refractivity contribution in [3.05, 3.63) is 48.0 Å². The highest BCUT2D eigenvalue weighted by atomic mass is 16.5. The average Bonchev–Trinajstić information content (AvgIpc) is 2.67. The zero-order valence-corrected chi connectivity index (χ0v) is 18.0. The van der Waals surface area contributed by atoms with Gasteiger partial charge in [-0.2, -0.15) is 0 Å². The van der Waals surface area contributed by atoms with E-state index in [0.717, 1.165) is 11.3 Å². The van der Waals surface area contributed by atoms with Crippen molar-refractivity contribution in [3.63, 3.8) is 0 Å². The molecule has 0 aliphatic carbocycles. The fraction of sp³-hybridized carbons (Fsp3) is 0.391. The van der Waals surface area contributed by atoms with Crippen LogP contribution in [0.2, 0.25) is 0 Å². The number of ether oxygens (including phenoxy) is 2. The van der Waals surface area contributed by atoms with Crippen LogP contribution in [0.15, 0.2) is 42.5 Å². The molecule has 2 aromatic rings. The molecule has 0 radical (unpaired) electrons. The number of methoxy groups -OCH3 is 2. The Balaban J connectivity index is 2.17. The van der Waals surface area contributed by atoms with Crippen molar-refractivity contribution in [2.45, 2.75) is 39.5 Å². The monoisotopic (exact) mass is 398 g/mol. The summed E-state index contributed by atoms with van der Waals surface area (Å²) in [5.41, 5.74) is 2.33. The van der Waals surface area contributed by atoms with E-state index in [1.54, 1.807) is 32.4 Å². The third-order valence-electron chi connectivity index (χ3n) is 4.63. The van der Waals surface area contributed by atoms with E-state index >= 15 is 0 Å². The number of amides is 2. The number of rotatable bonds is 7. The molecule has 0 unspecified atom stereocenters. The minimum Gasteiger partial charge on any atom is -0.497 e. The molecular formula is C23H30N2O4. The number of carbonyl (C=O) groups excluding carboxylic acids is 2. The Morgan fingerprint density at radius 1 is 1.03 bits per heavy atom. The second-order valence-corrected chi connectivity index (χ2v) is 7.80. The van der Waals surface area contributed by atoms with Crippen LogP contribution in [0.4, 0.5) is 11.4 Å². The zero-order chi connectivity index (χ0) is 21.6. The van der Waals surface area contributed by atoms with Crippen LogP contribution in [0.5, 0.6) is 11.5 Å². The molecule has 29 heavy (non-hydrogen) atoms. The number of anilines is 2. The quantitative estimate of drug-likeness (QED) is 0.751. The SMILES string of the molecule is COc1ccc(OC)c(N(CCC(=O)Nc2ccccc2C(C)(C)C)C(C)=O)c1. The predicted molar refractivity (Wildman–Crippen MR) is 116 cm³/mol. The summed E-state index contributed by atoms with van der Waals surface area (Å²) in [6.07, 6.45) is 0.151. The van der Waals surface area contributed by atoms with Crippen LogP contribution in [-0.2, 0) is 15.0 Å². The molecule has 2 amide bonds. The highest BCUT2D eigenvalue weighted by molar-refractivity contribution is 5.96. The second-order valence-electron chi connectivity index (χ2n) is 7.80.